The van der Waals surface area contributed by atoms with Crippen molar-refractivity contribution < 1.29 is 37.7 Å². The summed E-state index contributed by atoms with van der Waals surface area (Å²) in [6.07, 6.45) is 2.03. The van der Waals surface area contributed by atoms with Crippen LogP contribution in [0, 0.1) is 6.92 Å². The summed E-state index contributed by atoms with van der Waals surface area (Å²) in [5, 5.41) is 30.4. The molecule has 5 aromatic carbocycles. The fourth-order valence-electron chi connectivity index (χ4n) is 6.82. The van der Waals surface area contributed by atoms with Gasteiger partial charge in [-0.3, -0.25) is 14.6 Å². The minimum absolute atomic E-state index is 0.0440. The molecule has 0 saturated heterocycles. The van der Waals surface area contributed by atoms with Crippen molar-refractivity contribution in [3.63, 3.8) is 0 Å². The van der Waals surface area contributed by atoms with Crippen LogP contribution in [0.2, 0.25) is 0 Å². The number of aryl methyl sites for hydroxylation is 2. The van der Waals surface area contributed by atoms with Gasteiger partial charge in [-0.05, 0) is 97.1 Å². The number of amides is 2. The van der Waals surface area contributed by atoms with Crippen molar-refractivity contribution in [3.8, 4) is 28.4 Å². The number of fused-ring (bicyclic) bond motifs is 2. The van der Waals surface area contributed by atoms with Crippen molar-refractivity contribution in [2.75, 3.05) is 37.4 Å². The number of hydrogen-bond donors (Lipinski definition) is 6. The number of nitrogens with one attached hydrogen (secondary N) is 3. The van der Waals surface area contributed by atoms with Gasteiger partial charge in [-0.25, -0.2) is 8.42 Å². The molecule has 7 rings (SSSR count). The van der Waals surface area contributed by atoms with Crippen LogP contribution in [-0.4, -0.2) is 62.2 Å². The number of carbonyl (C=O) groups excluding carboxylic acids is 2. The van der Waals surface area contributed by atoms with E-state index in [4.69, 9.17) is 15.2 Å². The Bertz CT molecular complexity index is 2610. The lowest BCUT2D eigenvalue weighted by atomic mass is 10.0. The molecule has 1 aliphatic rings. The van der Waals surface area contributed by atoms with Gasteiger partial charge in [0.25, 0.3) is 11.8 Å². The summed E-state index contributed by atoms with van der Waals surface area (Å²) in [4.78, 5) is 28.8. The van der Waals surface area contributed by atoms with Crippen LogP contribution in [0.5, 0.6) is 17.2 Å². The number of nitrogens with two attached hydrogens (primary N) is 1. The third kappa shape index (κ3) is 8.24. The van der Waals surface area contributed by atoms with Crippen molar-refractivity contribution in [1.29, 1.82) is 0 Å². The molecular formula is C43H41N5O8S. The minimum Gasteiger partial charge on any atom is -0.506 e. The van der Waals surface area contributed by atoms with Crippen molar-refractivity contribution in [3.05, 3.63) is 126 Å². The maximum Gasteiger partial charge on any atom is 0.262 e. The molecule has 13 nitrogen and oxygen atoms in total. The number of benzene rings is 5. The van der Waals surface area contributed by atoms with Gasteiger partial charge >= 0.3 is 0 Å². The number of phenolic OH excluding ortho intramolecular Hbond substituents is 1. The average Bonchev–Trinajstić information content (AvgIpc) is 3.21. The Hall–Kier alpha value is -6.48. The Kier molecular flexibility index (Phi) is 11.1. The summed E-state index contributed by atoms with van der Waals surface area (Å²) in [5.41, 5.74) is 11.2. The van der Waals surface area contributed by atoms with Gasteiger partial charge in [0.05, 0.1) is 39.8 Å². The Morgan fingerprint density at radius 3 is 2.56 bits per heavy atom. The number of aromatic hydroxyl groups is 1. The highest BCUT2D eigenvalue weighted by molar-refractivity contribution is 7.91. The van der Waals surface area contributed by atoms with E-state index in [9.17, 15) is 28.2 Å². The van der Waals surface area contributed by atoms with Crippen molar-refractivity contribution >= 4 is 49.6 Å². The molecule has 0 spiro atoms. The van der Waals surface area contributed by atoms with E-state index in [-0.39, 0.29) is 51.6 Å². The fourth-order valence-corrected chi connectivity index (χ4v) is 8.24. The predicted molar refractivity (Wildman–Crippen MR) is 217 cm³/mol. The summed E-state index contributed by atoms with van der Waals surface area (Å²) < 4.78 is 39.3. The highest BCUT2D eigenvalue weighted by atomic mass is 32.2. The van der Waals surface area contributed by atoms with Crippen LogP contribution in [0.15, 0.2) is 113 Å². The van der Waals surface area contributed by atoms with Gasteiger partial charge in [0.2, 0.25) is 9.84 Å². The molecular weight excluding hydrogens is 747 g/mol. The molecule has 0 saturated carbocycles. The fraction of sp³-hybridized carbons (Fsp3) is 0.186. The summed E-state index contributed by atoms with van der Waals surface area (Å²) in [5.74, 6) is -0.363. The number of aliphatic hydroxyl groups excluding tert-OH is 1. The molecule has 14 heteroatoms. The van der Waals surface area contributed by atoms with Crippen LogP contribution < -0.4 is 31.2 Å². The predicted octanol–water partition coefficient (Wildman–Crippen LogP) is 6.19. The quantitative estimate of drug-likeness (QED) is 0.0543. The molecule has 0 unspecified atom stereocenters. The Morgan fingerprint density at radius 2 is 1.79 bits per heavy atom. The lowest BCUT2D eigenvalue weighted by Crippen LogP contribution is -2.28. The molecule has 0 aliphatic carbocycles. The second kappa shape index (κ2) is 16.3. The van der Waals surface area contributed by atoms with E-state index in [1.165, 1.54) is 18.3 Å². The number of phenols is 1. The van der Waals surface area contributed by atoms with E-state index in [0.29, 0.717) is 45.7 Å². The number of carbonyl (C=O) groups is 2. The second-order valence-corrected chi connectivity index (χ2v) is 15.6. The lowest BCUT2D eigenvalue weighted by molar-refractivity contribution is -0.118. The van der Waals surface area contributed by atoms with Gasteiger partial charge in [-0.2, -0.15) is 0 Å². The average molecular weight is 788 g/mol. The largest absolute Gasteiger partial charge is 0.506 e. The van der Waals surface area contributed by atoms with Crippen LogP contribution in [0.3, 0.4) is 0 Å². The van der Waals surface area contributed by atoms with Crippen molar-refractivity contribution in [1.82, 2.24) is 10.3 Å². The molecule has 6 aromatic rings. The molecule has 292 valence electrons. The molecule has 0 fully saturated rings. The molecule has 1 atom stereocenters. The number of aliphatic hydroxyl groups is 1. The zero-order valence-corrected chi connectivity index (χ0v) is 32.0. The van der Waals surface area contributed by atoms with Crippen LogP contribution in [0.25, 0.3) is 22.0 Å². The molecule has 2 amide bonds. The molecule has 0 bridgehead atoms. The normalized spacial score (nSPS) is 13.0. The van der Waals surface area contributed by atoms with E-state index in [1.807, 2.05) is 30.3 Å². The third-order valence-corrected chi connectivity index (χ3v) is 11.5. The van der Waals surface area contributed by atoms with E-state index in [1.54, 1.807) is 68.6 Å². The molecule has 1 aromatic heterocycles. The number of aromatic nitrogens is 1. The number of sulfone groups is 1. The Labute approximate surface area is 329 Å². The first-order valence-electron chi connectivity index (χ1n) is 18.2. The standard InChI is InChI=1S/C43H41N5O8S/c1-25-18-32(21-34-39(25)46-22-35(43(44)52)40(34)47-29-8-4-9-30(20-29)55-2)57(53,54)31-10-3-7-28(19-31)27-13-11-26(12-14-27)6-5-17-45-23-37(50)33-15-16-36(49)41-42(33)56-24-38(51)48-41/h3-4,7-16,18-22,37,45,49-50H,5-6,17,23-24H2,1-2H3,(H2,44,52)(H,46,47)(H,48,51)/t37-/m0/s1. The third-order valence-electron chi connectivity index (χ3n) is 9.78. The number of nitrogens with zero attached hydrogens (tertiary/aromatic N) is 1. The summed E-state index contributed by atoms with van der Waals surface area (Å²) in [6.45, 7) is 2.46. The van der Waals surface area contributed by atoms with Crippen LogP contribution in [0.1, 0.15) is 39.6 Å². The molecule has 1 aliphatic heterocycles. The van der Waals surface area contributed by atoms with Gasteiger partial charge in [0.15, 0.2) is 12.4 Å². The molecule has 2 heterocycles. The number of ether oxygens (including phenoxy) is 2. The Morgan fingerprint density at radius 1 is 1.00 bits per heavy atom. The van der Waals surface area contributed by atoms with Gasteiger partial charge < -0.3 is 41.4 Å². The molecule has 0 radical (unpaired) electrons. The van der Waals surface area contributed by atoms with E-state index < -0.39 is 21.8 Å². The maximum atomic E-state index is 14.2. The Balaban J connectivity index is 1.04. The summed E-state index contributed by atoms with van der Waals surface area (Å²) in [7, 11) is -2.48. The highest BCUT2D eigenvalue weighted by Crippen LogP contribution is 2.41. The smallest absolute Gasteiger partial charge is 0.262 e. The van der Waals surface area contributed by atoms with Crippen LogP contribution in [0.4, 0.5) is 17.1 Å². The minimum atomic E-state index is -4.03. The topological polar surface area (TPSA) is 202 Å². The number of methoxy groups -OCH3 is 1. The van der Waals surface area contributed by atoms with E-state index in [2.05, 4.69) is 20.9 Å². The first kappa shape index (κ1) is 38.8. The summed E-state index contributed by atoms with van der Waals surface area (Å²) >= 11 is 0. The van der Waals surface area contributed by atoms with Gasteiger partial charge in [-0.1, -0.05) is 42.5 Å². The molecule has 57 heavy (non-hydrogen) atoms. The first-order chi connectivity index (χ1) is 27.4. The highest BCUT2D eigenvalue weighted by Gasteiger charge is 2.26. The van der Waals surface area contributed by atoms with Crippen LogP contribution >= 0.6 is 0 Å². The van der Waals surface area contributed by atoms with E-state index in [0.717, 1.165) is 29.5 Å². The number of primary amides is 1. The molecule has 7 N–H and O–H groups in total. The SMILES string of the molecule is COc1cccc(Nc2c(C(N)=O)cnc3c(C)cc(S(=O)(=O)c4cccc(-c5ccc(CCCNC[C@H](O)c6ccc(O)c7c6OCC(=O)N7)cc5)c4)cc23)c1. The van der Waals surface area contributed by atoms with Gasteiger partial charge in [-0.15, -0.1) is 0 Å². The van der Waals surface area contributed by atoms with Crippen molar-refractivity contribution in [2.45, 2.75) is 35.7 Å². The number of rotatable bonds is 14. The lowest BCUT2D eigenvalue weighted by Gasteiger charge is -2.23. The number of anilines is 3. The van der Waals surface area contributed by atoms with Gasteiger partial charge in [0.1, 0.15) is 17.2 Å². The maximum absolute atomic E-state index is 14.2. The zero-order valence-electron chi connectivity index (χ0n) is 31.2. The monoisotopic (exact) mass is 787 g/mol. The first-order valence-corrected chi connectivity index (χ1v) is 19.7. The second-order valence-electron chi connectivity index (χ2n) is 13.7. The van der Waals surface area contributed by atoms with Gasteiger partial charge in [0, 0.05) is 35.4 Å². The summed E-state index contributed by atoms with van der Waals surface area (Å²) in [6, 6.07) is 27.9. The number of pyridine rings is 1. The zero-order chi connectivity index (χ0) is 40.3. The number of hydrogen-bond acceptors (Lipinski definition) is 11. The van der Waals surface area contributed by atoms with E-state index >= 15 is 0 Å². The van der Waals surface area contributed by atoms with Crippen molar-refractivity contribution in [2.24, 2.45) is 5.73 Å². The van der Waals surface area contributed by atoms with Crippen LogP contribution in [-0.2, 0) is 21.1 Å².